The average Bonchev–Trinajstić information content (AvgIpc) is 4.13. The van der Waals surface area contributed by atoms with Crippen molar-refractivity contribution in [1.82, 2.24) is 30.0 Å². The Morgan fingerprint density at radius 3 is 1.42 bits per heavy atom. The fourth-order valence-electron chi connectivity index (χ4n) is 14.5. The van der Waals surface area contributed by atoms with Gasteiger partial charge < -0.3 is 19.7 Å². The van der Waals surface area contributed by atoms with E-state index in [1.54, 1.807) is 0 Å². The van der Waals surface area contributed by atoms with E-state index in [2.05, 4.69) is 119 Å². The lowest BCUT2D eigenvalue weighted by atomic mass is 9.55. The number of hydrogen-bond donors (Lipinski definition) is 2. The number of rotatable bonds is 11. The third-order valence-corrected chi connectivity index (χ3v) is 18.2. The molecule has 66 heavy (non-hydrogen) atoms. The van der Waals surface area contributed by atoms with Crippen molar-refractivity contribution in [3.63, 3.8) is 0 Å². The maximum atomic E-state index is 10.8. The molecule has 6 aliphatic rings. The lowest BCUT2D eigenvalue weighted by Crippen LogP contribution is -2.43. The van der Waals surface area contributed by atoms with E-state index in [0.29, 0.717) is 61.8 Å². The first-order valence-electron chi connectivity index (χ1n) is 25.0. The van der Waals surface area contributed by atoms with Gasteiger partial charge in [-0.05, 0) is 192 Å². The van der Waals surface area contributed by atoms with Crippen molar-refractivity contribution in [3.8, 4) is 22.6 Å². The van der Waals surface area contributed by atoms with Crippen LogP contribution in [-0.2, 0) is 39.1 Å². The van der Waals surface area contributed by atoms with Crippen LogP contribution in [0.3, 0.4) is 0 Å². The number of aromatic nitrogens is 6. The number of nitrogens with zero attached hydrogens (tertiary/aromatic N) is 6. The molecule has 10 atom stereocenters. The van der Waals surface area contributed by atoms with Crippen molar-refractivity contribution in [2.24, 2.45) is 34.5 Å². The molecule has 10 nitrogen and oxygen atoms in total. The lowest BCUT2D eigenvalue weighted by Gasteiger charge is -2.50. The summed E-state index contributed by atoms with van der Waals surface area (Å²) in [6, 6.07) is 30.7. The molecule has 4 aromatic carbocycles. The van der Waals surface area contributed by atoms with Crippen LogP contribution in [0.5, 0.6) is 11.5 Å². The maximum absolute atomic E-state index is 10.8. The Hall–Kier alpha value is -5.32. The zero-order chi connectivity index (χ0) is 44.6. The highest BCUT2D eigenvalue weighted by Gasteiger charge is 2.55. The molecule has 0 unspecified atom stereocenters. The van der Waals surface area contributed by atoms with Gasteiger partial charge in [0.25, 0.3) is 0 Å². The molecule has 342 valence electrons. The van der Waals surface area contributed by atoms with Crippen LogP contribution >= 0.6 is 0 Å². The largest absolute Gasteiger partial charge is 0.487 e. The van der Waals surface area contributed by atoms with Crippen LogP contribution in [0.1, 0.15) is 135 Å². The molecule has 6 aromatic rings. The van der Waals surface area contributed by atoms with E-state index in [-0.39, 0.29) is 23.0 Å². The normalized spacial score (nSPS) is 30.7. The van der Waals surface area contributed by atoms with Gasteiger partial charge in [0.15, 0.2) is 0 Å². The average molecular weight is 885 g/mol. The van der Waals surface area contributed by atoms with Gasteiger partial charge in [0.05, 0.1) is 37.7 Å². The second-order valence-corrected chi connectivity index (χ2v) is 21.6. The summed E-state index contributed by atoms with van der Waals surface area (Å²) in [7, 11) is 0. The highest BCUT2D eigenvalue weighted by Crippen LogP contribution is 2.62. The Morgan fingerprint density at radius 1 is 0.545 bits per heavy atom. The van der Waals surface area contributed by atoms with Crippen molar-refractivity contribution >= 4 is 0 Å². The highest BCUT2D eigenvalue weighted by atomic mass is 16.5. The topological polar surface area (TPSA) is 120 Å². The Kier molecular flexibility index (Phi) is 10.7. The number of aryl methyl sites for hydroxylation is 2. The molecule has 0 bridgehead atoms. The second-order valence-electron chi connectivity index (χ2n) is 21.6. The first-order valence-corrected chi connectivity index (χ1v) is 25.0. The minimum absolute atomic E-state index is 0.109. The van der Waals surface area contributed by atoms with Crippen LogP contribution in [0.15, 0.2) is 97.3 Å². The molecular weight excluding hydrogens is 821 g/mol. The molecule has 6 aliphatic carbocycles. The quantitative estimate of drug-likeness (QED) is 0.132. The molecule has 2 heterocycles. The van der Waals surface area contributed by atoms with Crippen molar-refractivity contribution in [1.29, 1.82) is 0 Å². The van der Waals surface area contributed by atoms with Gasteiger partial charge in [0, 0.05) is 0 Å². The van der Waals surface area contributed by atoms with Gasteiger partial charge in [-0.2, -0.15) is 0 Å². The number of aliphatic hydroxyl groups is 2. The standard InChI is InChI=1S/C56H64N6O4/c1-55-25-23-47-45-17-13-43(27-39(45)11-15-49(47)51(55)19-21-53(55)63)65-33-41-31-61(59-57-41)29-35-3-7-37(8-4-35)38-9-5-36(6-10-38)30-62-32-42(58-60-62)34-66-44-14-18-46-40(28-44)12-16-50-48(46)24-26-56(2)52(50)20-22-54(56)64/h3-10,13-14,17-18,27-28,31-32,47-54,63-64H,11-12,15-16,19-26,29-30,33-34H2,1-2H3/t47-,48-,49-,50-,51+,52+,53+,54+,55+,56+/m1/s1. The third-order valence-electron chi connectivity index (χ3n) is 18.2. The predicted molar refractivity (Wildman–Crippen MR) is 253 cm³/mol. The summed E-state index contributed by atoms with van der Waals surface area (Å²) >= 11 is 0. The lowest BCUT2D eigenvalue weighted by molar-refractivity contribution is -0.0226. The molecule has 0 saturated heterocycles. The Labute approximate surface area is 388 Å². The van der Waals surface area contributed by atoms with E-state index in [9.17, 15) is 10.2 Å². The molecule has 0 amide bonds. The minimum Gasteiger partial charge on any atom is -0.487 e. The van der Waals surface area contributed by atoms with E-state index in [1.165, 1.54) is 60.8 Å². The fraction of sp³-hybridized carbons (Fsp3) is 0.500. The molecule has 12 rings (SSSR count). The molecule has 4 saturated carbocycles. The monoisotopic (exact) mass is 884 g/mol. The molecule has 0 aliphatic heterocycles. The predicted octanol–water partition coefficient (Wildman–Crippen LogP) is 10.2. The number of fused-ring (bicyclic) bond motifs is 10. The van der Waals surface area contributed by atoms with Crippen molar-refractivity contribution in [2.45, 2.75) is 141 Å². The SMILES string of the molecule is C[C@]12CC[C@@H]3c4ccc(OCc5cn(Cc6ccc(-c7ccc(Cn8cc(COc9ccc%10c(c9)CC[C@@H]9[C@@H]%10CC[C@]%10(C)[C@@H](O)CC[C@@H]9%10)nn8)cc7)cc6)nn5)cc4CC[C@H]3[C@@H]1CC[C@@H]2O. The van der Waals surface area contributed by atoms with Gasteiger partial charge in [0.1, 0.15) is 36.1 Å². The Morgan fingerprint density at radius 2 is 0.985 bits per heavy atom. The first-order chi connectivity index (χ1) is 32.2. The summed E-state index contributed by atoms with van der Waals surface area (Å²) in [5.41, 5.74) is 12.4. The van der Waals surface area contributed by atoms with Crippen LogP contribution < -0.4 is 9.47 Å². The first kappa shape index (κ1) is 42.1. The maximum Gasteiger partial charge on any atom is 0.134 e. The van der Waals surface area contributed by atoms with Gasteiger partial charge in [-0.15, -0.1) is 10.2 Å². The van der Waals surface area contributed by atoms with E-state index in [1.807, 2.05) is 21.8 Å². The summed E-state index contributed by atoms with van der Waals surface area (Å²) in [6.45, 7) is 6.73. The summed E-state index contributed by atoms with van der Waals surface area (Å²) in [6.07, 6.45) is 17.2. The van der Waals surface area contributed by atoms with Crippen LogP contribution in [0.4, 0.5) is 0 Å². The van der Waals surface area contributed by atoms with E-state index >= 15 is 0 Å². The van der Waals surface area contributed by atoms with Crippen LogP contribution in [-0.4, -0.2) is 52.4 Å². The van der Waals surface area contributed by atoms with Crippen molar-refractivity contribution < 1.29 is 19.7 Å². The van der Waals surface area contributed by atoms with Gasteiger partial charge in [0.2, 0.25) is 0 Å². The summed E-state index contributed by atoms with van der Waals surface area (Å²) in [5.74, 6) is 5.69. The summed E-state index contributed by atoms with van der Waals surface area (Å²) in [5, 5.41) is 39.2. The summed E-state index contributed by atoms with van der Waals surface area (Å²) in [4.78, 5) is 0. The Bertz CT molecular complexity index is 2530. The highest BCUT2D eigenvalue weighted by molar-refractivity contribution is 5.64. The molecule has 2 aromatic heterocycles. The van der Waals surface area contributed by atoms with Crippen LogP contribution in [0.2, 0.25) is 0 Å². The number of aliphatic hydroxyl groups excluding tert-OH is 2. The zero-order valence-electron chi connectivity index (χ0n) is 38.6. The fourth-order valence-corrected chi connectivity index (χ4v) is 14.5. The molecule has 10 heteroatoms. The van der Waals surface area contributed by atoms with Gasteiger partial charge in [-0.3, -0.25) is 0 Å². The molecule has 4 fully saturated rings. The number of benzene rings is 4. The van der Waals surface area contributed by atoms with Crippen molar-refractivity contribution in [3.05, 3.63) is 142 Å². The second kappa shape index (κ2) is 16.8. The Balaban J connectivity index is 0.606. The number of ether oxygens (including phenoxy) is 2. The van der Waals surface area contributed by atoms with Gasteiger partial charge >= 0.3 is 0 Å². The smallest absolute Gasteiger partial charge is 0.134 e. The number of hydrogen-bond acceptors (Lipinski definition) is 8. The van der Waals surface area contributed by atoms with Crippen LogP contribution in [0.25, 0.3) is 11.1 Å². The van der Waals surface area contributed by atoms with Gasteiger partial charge in [-0.25, -0.2) is 9.36 Å². The van der Waals surface area contributed by atoms with E-state index in [4.69, 9.17) is 9.47 Å². The van der Waals surface area contributed by atoms with Gasteiger partial charge in [-0.1, -0.05) is 84.9 Å². The molecule has 2 N–H and O–H groups in total. The molecule has 0 radical (unpaired) electrons. The molecule has 0 spiro atoms. The van der Waals surface area contributed by atoms with Crippen molar-refractivity contribution in [2.75, 3.05) is 0 Å². The third kappa shape index (κ3) is 7.56. The van der Waals surface area contributed by atoms with E-state index in [0.717, 1.165) is 83.7 Å². The minimum atomic E-state index is -0.129. The zero-order valence-corrected chi connectivity index (χ0v) is 38.6. The molecular formula is C56H64N6O4. The summed E-state index contributed by atoms with van der Waals surface area (Å²) < 4.78 is 16.3. The van der Waals surface area contributed by atoms with E-state index < -0.39 is 0 Å². The van der Waals surface area contributed by atoms with Crippen LogP contribution in [0, 0.1) is 34.5 Å².